The zero-order chi connectivity index (χ0) is 13.9. The van der Waals surface area contributed by atoms with Crippen molar-refractivity contribution in [1.82, 2.24) is 0 Å². The van der Waals surface area contributed by atoms with Gasteiger partial charge in [0, 0.05) is 11.5 Å². The molecule has 1 unspecified atom stereocenters. The summed E-state index contributed by atoms with van der Waals surface area (Å²) < 4.78 is 4.87. The number of benzene rings is 1. The fraction of sp³-hybridized carbons (Fsp3) is 0.533. The summed E-state index contributed by atoms with van der Waals surface area (Å²) in [5.41, 5.74) is 8.04. The summed E-state index contributed by atoms with van der Waals surface area (Å²) >= 11 is 1.71. The van der Waals surface area contributed by atoms with Crippen LogP contribution < -0.4 is 5.73 Å². The average molecular weight is 279 g/mol. The van der Waals surface area contributed by atoms with Gasteiger partial charge in [-0.1, -0.05) is 24.3 Å². The van der Waals surface area contributed by atoms with Crippen LogP contribution in [-0.4, -0.2) is 24.4 Å². The smallest absolute Gasteiger partial charge is 0.326 e. The van der Waals surface area contributed by atoms with Crippen molar-refractivity contribution in [3.63, 3.8) is 0 Å². The Labute approximate surface area is 118 Å². The number of methoxy groups -OCH3 is 1. The highest BCUT2D eigenvalue weighted by Gasteiger charge is 2.48. The molecule has 0 spiro atoms. The van der Waals surface area contributed by atoms with Crippen LogP contribution in [0.5, 0.6) is 0 Å². The number of hydrogen-bond acceptors (Lipinski definition) is 4. The molecule has 1 aromatic rings. The molecular weight excluding hydrogens is 258 g/mol. The quantitative estimate of drug-likeness (QED) is 0.813. The number of aryl methyl sites for hydroxylation is 1. The first kappa shape index (κ1) is 14.4. The highest BCUT2D eigenvalue weighted by atomic mass is 32.2. The summed E-state index contributed by atoms with van der Waals surface area (Å²) in [5.74, 6) is 1.53. The van der Waals surface area contributed by atoms with Crippen molar-refractivity contribution >= 4 is 17.7 Å². The van der Waals surface area contributed by atoms with Crippen LogP contribution in [0, 0.1) is 12.8 Å². The van der Waals surface area contributed by atoms with E-state index in [0.717, 1.165) is 18.6 Å². The van der Waals surface area contributed by atoms with Gasteiger partial charge in [0.2, 0.25) is 0 Å². The maximum Gasteiger partial charge on any atom is 0.326 e. The number of rotatable bonds is 6. The van der Waals surface area contributed by atoms with E-state index in [9.17, 15) is 4.79 Å². The Kier molecular flexibility index (Phi) is 4.53. The van der Waals surface area contributed by atoms with Gasteiger partial charge in [-0.2, -0.15) is 11.8 Å². The lowest BCUT2D eigenvalue weighted by atomic mass is 9.97. The number of carbonyl (C=O) groups is 1. The van der Waals surface area contributed by atoms with Gasteiger partial charge in [0.25, 0.3) is 0 Å². The van der Waals surface area contributed by atoms with Crippen molar-refractivity contribution in [3.05, 3.63) is 35.4 Å². The third-order valence-electron chi connectivity index (χ3n) is 3.73. The van der Waals surface area contributed by atoms with E-state index in [2.05, 4.69) is 19.1 Å². The molecule has 19 heavy (non-hydrogen) atoms. The normalized spacial score (nSPS) is 17.8. The minimum Gasteiger partial charge on any atom is -0.468 e. The van der Waals surface area contributed by atoms with E-state index in [1.54, 1.807) is 11.8 Å². The summed E-state index contributed by atoms with van der Waals surface area (Å²) in [6.07, 6.45) is 2.08. The lowest BCUT2D eigenvalue weighted by molar-refractivity contribution is -0.146. The zero-order valence-electron chi connectivity index (χ0n) is 11.5. The first-order valence-electron chi connectivity index (χ1n) is 6.57. The Hall–Kier alpha value is -1.00. The molecule has 0 saturated heterocycles. The van der Waals surface area contributed by atoms with Crippen LogP contribution in [0.1, 0.15) is 24.0 Å². The van der Waals surface area contributed by atoms with E-state index >= 15 is 0 Å². The number of nitrogens with two attached hydrogens (primary N) is 1. The molecule has 1 saturated carbocycles. The van der Waals surface area contributed by atoms with Crippen LogP contribution >= 0.6 is 11.8 Å². The third kappa shape index (κ3) is 3.31. The second-order valence-corrected chi connectivity index (χ2v) is 6.21. The van der Waals surface area contributed by atoms with Gasteiger partial charge in [0.1, 0.15) is 5.54 Å². The van der Waals surface area contributed by atoms with Crippen molar-refractivity contribution in [2.75, 3.05) is 12.9 Å². The van der Waals surface area contributed by atoms with Gasteiger partial charge in [-0.25, -0.2) is 0 Å². The molecule has 1 aliphatic rings. The van der Waals surface area contributed by atoms with Gasteiger partial charge < -0.3 is 10.5 Å². The second-order valence-electron chi connectivity index (χ2n) is 5.23. The maximum atomic E-state index is 11.9. The SMILES string of the molecule is COC(=O)C(N)(CSCc1ccccc1C)C1CC1. The molecule has 1 aromatic carbocycles. The van der Waals surface area contributed by atoms with E-state index in [1.807, 2.05) is 12.1 Å². The molecule has 2 rings (SSSR count). The minimum atomic E-state index is -0.803. The number of hydrogen-bond donors (Lipinski definition) is 1. The summed E-state index contributed by atoms with van der Waals surface area (Å²) in [5, 5.41) is 0. The highest BCUT2D eigenvalue weighted by molar-refractivity contribution is 7.98. The van der Waals surface area contributed by atoms with Crippen molar-refractivity contribution in [1.29, 1.82) is 0 Å². The van der Waals surface area contributed by atoms with Crippen molar-refractivity contribution in [2.45, 2.75) is 31.1 Å². The van der Waals surface area contributed by atoms with E-state index in [-0.39, 0.29) is 5.97 Å². The molecule has 0 aromatic heterocycles. The molecule has 0 radical (unpaired) electrons. The zero-order valence-corrected chi connectivity index (χ0v) is 12.3. The predicted molar refractivity (Wildman–Crippen MR) is 79.0 cm³/mol. The highest BCUT2D eigenvalue weighted by Crippen LogP contribution is 2.41. The Bertz CT molecular complexity index is 459. The fourth-order valence-electron chi connectivity index (χ4n) is 2.23. The number of esters is 1. The number of carbonyl (C=O) groups excluding carboxylic acids is 1. The van der Waals surface area contributed by atoms with Crippen LogP contribution in [-0.2, 0) is 15.3 Å². The van der Waals surface area contributed by atoms with E-state index in [0.29, 0.717) is 11.7 Å². The minimum absolute atomic E-state index is 0.271. The summed E-state index contributed by atoms with van der Waals surface area (Å²) in [6.45, 7) is 2.10. The Morgan fingerprint density at radius 1 is 1.47 bits per heavy atom. The van der Waals surface area contributed by atoms with Gasteiger partial charge in [0.05, 0.1) is 7.11 Å². The standard InChI is InChI=1S/C15H21NO2S/c1-11-5-3-4-6-12(11)9-19-10-15(16,13-7-8-13)14(17)18-2/h3-6,13H,7-10,16H2,1-2H3. The lowest BCUT2D eigenvalue weighted by Gasteiger charge is -2.26. The molecule has 0 heterocycles. The summed E-state index contributed by atoms with van der Waals surface area (Å²) in [4.78, 5) is 11.9. The summed E-state index contributed by atoms with van der Waals surface area (Å²) in [7, 11) is 1.42. The van der Waals surface area contributed by atoms with Crippen molar-refractivity contribution < 1.29 is 9.53 Å². The van der Waals surface area contributed by atoms with E-state index in [1.165, 1.54) is 18.2 Å². The molecule has 1 aliphatic carbocycles. The fourth-order valence-corrected chi connectivity index (χ4v) is 3.57. The van der Waals surface area contributed by atoms with Crippen molar-refractivity contribution in [3.8, 4) is 0 Å². The van der Waals surface area contributed by atoms with E-state index < -0.39 is 5.54 Å². The Balaban J connectivity index is 1.93. The molecule has 1 atom stereocenters. The van der Waals surface area contributed by atoms with Gasteiger partial charge in [-0.3, -0.25) is 4.79 Å². The molecule has 1 fully saturated rings. The number of ether oxygens (including phenoxy) is 1. The molecular formula is C15H21NO2S. The molecule has 0 aliphatic heterocycles. The topological polar surface area (TPSA) is 52.3 Å². The van der Waals surface area contributed by atoms with Gasteiger partial charge >= 0.3 is 5.97 Å². The van der Waals surface area contributed by atoms with Gasteiger partial charge in [-0.05, 0) is 36.8 Å². The summed E-state index contributed by atoms with van der Waals surface area (Å²) in [6, 6.07) is 8.30. The average Bonchev–Trinajstić information content (AvgIpc) is 3.24. The van der Waals surface area contributed by atoms with Crippen LogP contribution in [0.25, 0.3) is 0 Å². The Morgan fingerprint density at radius 2 is 2.16 bits per heavy atom. The molecule has 2 N–H and O–H groups in total. The second kappa shape index (κ2) is 5.97. The van der Waals surface area contributed by atoms with Crippen LogP contribution in [0.4, 0.5) is 0 Å². The third-order valence-corrected chi connectivity index (χ3v) is 4.93. The molecule has 0 amide bonds. The lowest BCUT2D eigenvalue weighted by Crippen LogP contribution is -2.53. The molecule has 3 nitrogen and oxygen atoms in total. The molecule has 104 valence electrons. The van der Waals surface area contributed by atoms with Crippen LogP contribution in [0.3, 0.4) is 0 Å². The molecule has 4 heteroatoms. The first-order chi connectivity index (χ1) is 9.08. The molecule has 0 bridgehead atoms. The number of thioether (sulfide) groups is 1. The first-order valence-corrected chi connectivity index (χ1v) is 7.73. The van der Waals surface area contributed by atoms with Crippen LogP contribution in [0.2, 0.25) is 0 Å². The largest absolute Gasteiger partial charge is 0.468 e. The Morgan fingerprint density at radius 3 is 2.74 bits per heavy atom. The van der Waals surface area contributed by atoms with Gasteiger partial charge in [0.15, 0.2) is 0 Å². The van der Waals surface area contributed by atoms with Gasteiger partial charge in [-0.15, -0.1) is 0 Å². The van der Waals surface area contributed by atoms with Crippen LogP contribution in [0.15, 0.2) is 24.3 Å². The monoisotopic (exact) mass is 279 g/mol. The predicted octanol–water partition coefficient (Wildman–Crippen LogP) is 2.51. The van der Waals surface area contributed by atoms with E-state index in [4.69, 9.17) is 10.5 Å². The van der Waals surface area contributed by atoms with Crippen molar-refractivity contribution in [2.24, 2.45) is 11.7 Å². The maximum absolute atomic E-state index is 11.9.